The summed E-state index contributed by atoms with van der Waals surface area (Å²) in [7, 11) is 0. The van der Waals surface area contributed by atoms with Crippen molar-refractivity contribution in [3.63, 3.8) is 0 Å². The van der Waals surface area contributed by atoms with E-state index in [4.69, 9.17) is 0 Å². The predicted octanol–water partition coefficient (Wildman–Crippen LogP) is 3.76. The highest BCUT2D eigenvalue weighted by Gasteiger charge is 2.26. The van der Waals surface area contributed by atoms with Crippen LogP contribution in [0.1, 0.15) is 23.6 Å². The summed E-state index contributed by atoms with van der Waals surface area (Å²) in [4.78, 5) is 2.32. The molecular weight excluding hydrogens is 244 g/mol. The van der Waals surface area contributed by atoms with E-state index in [1.165, 1.54) is 30.7 Å². The van der Waals surface area contributed by atoms with Crippen LogP contribution >= 0.6 is 0 Å². The Bertz CT molecular complexity index is 498. The van der Waals surface area contributed by atoms with E-state index in [2.05, 4.69) is 4.90 Å². The monoisotopic (exact) mass is 259 g/mol. The van der Waals surface area contributed by atoms with Gasteiger partial charge in [0.1, 0.15) is 11.6 Å². The molecule has 1 heterocycles. The van der Waals surface area contributed by atoms with Crippen LogP contribution < -0.4 is 0 Å². The first-order valence-corrected chi connectivity index (χ1v) is 6.49. The fourth-order valence-corrected chi connectivity index (χ4v) is 2.50. The maximum atomic E-state index is 13.0. The summed E-state index contributed by atoms with van der Waals surface area (Å²) in [6.45, 7) is 2.05. The lowest BCUT2D eigenvalue weighted by molar-refractivity contribution is 0.140. The van der Waals surface area contributed by atoms with E-state index in [9.17, 15) is 8.78 Å². The quantitative estimate of drug-likeness (QED) is 0.811. The van der Waals surface area contributed by atoms with Crippen molar-refractivity contribution < 1.29 is 8.78 Å². The van der Waals surface area contributed by atoms with Crippen molar-refractivity contribution in [3.05, 3.63) is 71.3 Å². The molecule has 0 saturated carbocycles. The average molecular weight is 259 g/mol. The molecular formula is C16H15F2N. The fraction of sp³-hybridized carbons (Fsp3) is 0.250. The molecule has 0 atom stereocenters. The molecule has 1 fully saturated rings. The van der Waals surface area contributed by atoms with Gasteiger partial charge in [-0.1, -0.05) is 24.3 Å². The van der Waals surface area contributed by atoms with Crippen LogP contribution in [0.3, 0.4) is 0 Å². The molecule has 0 spiro atoms. The summed E-state index contributed by atoms with van der Waals surface area (Å²) in [5.41, 5.74) is 2.10. The third-order valence-electron chi connectivity index (χ3n) is 3.63. The van der Waals surface area contributed by atoms with Gasteiger partial charge in [-0.2, -0.15) is 0 Å². The van der Waals surface area contributed by atoms with Gasteiger partial charge in [0.2, 0.25) is 0 Å². The zero-order valence-corrected chi connectivity index (χ0v) is 10.5. The van der Waals surface area contributed by atoms with Crippen LogP contribution in [-0.2, 0) is 0 Å². The maximum absolute atomic E-state index is 13.0. The topological polar surface area (TPSA) is 3.24 Å². The summed E-state index contributed by atoms with van der Waals surface area (Å²) in [6.07, 6.45) is 1.18. The van der Waals surface area contributed by atoms with Gasteiger partial charge in [0.05, 0.1) is 6.04 Å². The first-order chi connectivity index (χ1) is 9.24. The van der Waals surface area contributed by atoms with Crippen molar-refractivity contribution in [1.82, 2.24) is 4.90 Å². The molecule has 0 bridgehead atoms. The van der Waals surface area contributed by atoms with E-state index < -0.39 is 0 Å². The molecule has 1 saturated heterocycles. The molecule has 3 heteroatoms. The molecule has 0 unspecified atom stereocenters. The van der Waals surface area contributed by atoms with Gasteiger partial charge in [-0.25, -0.2) is 8.78 Å². The van der Waals surface area contributed by atoms with Crippen molar-refractivity contribution in [3.8, 4) is 0 Å². The lowest BCUT2D eigenvalue weighted by atomic mass is 9.94. The second-order valence-corrected chi connectivity index (χ2v) is 4.90. The lowest BCUT2D eigenvalue weighted by Gasteiger charge is -2.39. The summed E-state index contributed by atoms with van der Waals surface area (Å²) >= 11 is 0. The van der Waals surface area contributed by atoms with Crippen molar-refractivity contribution >= 4 is 0 Å². The Morgan fingerprint density at radius 2 is 1.16 bits per heavy atom. The molecule has 1 nitrogen and oxygen atoms in total. The molecule has 3 rings (SSSR count). The van der Waals surface area contributed by atoms with Crippen LogP contribution in [0.2, 0.25) is 0 Å². The van der Waals surface area contributed by atoms with Crippen LogP contribution in [-0.4, -0.2) is 18.0 Å². The Morgan fingerprint density at radius 1 is 0.737 bits per heavy atom. The standard InChI is InChI=1S/C16H15F2N/c17-14-6-2-12(3-7-14)16(19-10-1-11-19)13-4-8-15(18)9-5-13/h2-9,16H,1,10-11H2. The molecule has 2 aromatic carbocycles. The van der Waals surface area contributed by atoms with E-state index >= 15 is 0 Å². The molecule has 1 aliphatic rings. The number of rotatable bonds is 3. The van der Waals surface area contributed by atoms with Gasteiger partial charge in [-0.15, -0.1) is 0 Å². The van der Waals surface area contributed by atoms with E-state index in [1.807, 2.05) is 24.3 Å². The van der Waals surface area contributed by atoms with Gasteiger partial charge >= 0.3 is 0 Å². The van der Waals surface area contributed by atoms with Crippen LogP contribution in [0.15, 0.2) is 48.5 Å². The molecule has 19 heavy (non-hydrogen) atoms. The molecule has 1 aliphatic heterocycles. The second-order valence-electron chi connectivity index (χ2n) is 4.90. The summed E-state index contributed by atoms with van der Waals surface area (Å²) in [5, 5.41) is 0. The van der Waals surface area contributed by atoms with Gasteiger partial charge in [-0.05, 0) is 41.8 Å². The number of nitrogens with zero attached hydrogens (tertiary/aromatic N) is 1. The average Bonchev–Trinajstić information content (AvgIpc) is 2.36. The highest BCUT2D eigenvalue weighted by Crippen LogP contribution is 2.32. The Hall–Kier alpha value is -1.74. The predicted molar refractivity (Wildman–Crippen MR) is 70.8 cm³/mol. The largest absolute Gasteiger partial charge is 0.292 e. The normalized spacial score (nSPS) is 15.5. The van der Waals surface area contributed by atoms with Crippen LogP contribution in [0.5, 0.6) is 0 Å². The third-order valence-corrected chi connectivity index (χ3v) is 3.63. The van der Waals surface area contributed by atoms with E-state index in [0.29, 0.717) is 0 Å². The van der Waals surface area contributed by atoms with E-state index in [0.717, 1.165) is 24.2 Å². The minimum Gasteiger partial charge on any atom is -0.292 e. The number of hydrogen-bond donors (Lipinski definition) is 0. The Balaban J connectivity index is 1.97. The van der Waals surface area contributed by atoms with Gasteiger partial charge in [-0.3, -0.25) is 4.90 Å². The third kappa shape index (κ3) is 2.51. The van der Waals surface area contributed by atoms with Crippen LogP contribution in [0, 0.1) is 11.6 Å². The first kappa shape index (κ1) is 12.3. The highest BCUT2D eigenvalue weighted by molar-refractivity contribution is 5.32. The van der Waals surface area contributed by atoms with Gasteiger partial charge in [0.25, 0.3) is 0 Å². The Kier molecular flexibility index (Phi) is 3.30. The van der Waals surface area contributed by atoms with E-state index in [-0.39, 0.29) is 17.7 Å². The number of benzene rings is 2. The molecule has 0 aromatic heterocycles. The second kappa shape index (κ2) is 5.10. The highest BCUT2D eigenvalue weighted by atomic mass is 19.1. The minimum absolute atomic E-state index is 0.0925. The van der Waals surface area contributed by atoms with Gasteiger partial charge < -0.3 is 0 Å². The van der Waals surface area contributed by atoms with E-state index in [1.54, 1.807) is 0 Å². The zero-order valence-electron chi connectivity index (χ0n) is 10.5. The van der Waals surface area contributed by atoms with Crippen molar-refractivity contribution in [2.75, 3.05) is 13.1 Å². The maximum Gasteiger partial charge on any atom is 0.123 e. The van der Waals surface area contributed by atoms with Gasteiger partial charge in [0.15, 0.2) is 0 Å². The smallest absolute Gasteiger partial charge is 0.123 e. The Labute approximate surface area is 111 Å². The number of halogens is 2. The summed E-state index contributed by atoms with van der Waals surface area (Å²) in [6, 6.07) is 13.2. The molecule has 0 radical (unpaired) electrons. The van der Waals surface area contributed by atoms with Crippen molar-refractivity contribution in [2.45, 2.75) is 12.5 Å². The van der Waals surface area contributed by atoms with Crippen molar-refractivity contribution in [2.24, 2.45) is 0 Å². The van der Waals surface area contributed by atoms with Gasteiger partial charge in [0, 0.05) is 13.1 Å². The summed E-state index contributed by atoms with van der Waals surface area (Å²) < 4.78 is 26.1. The Morgan fingerprint density at radius 3 is 1.47 bits per heavy atom. The fourth-order valence-electron chi connectivity index (χ4n) is 2.50. The molecule has 0 aliphatic carbocycles. The van der Waals surface area contributed by atoms with Crippen molar-refractivity contribution in [1.29, 1.82) is 0 Å². The minimum atomic E-state index is -0.231. The number of hydrogen-bond acceptors (Lipinski definition) is 1. The number of likely N-dealkylation sites (tertiary alicyclic amines) is 1. The van der Waals surface area contributed by atoms with Crippen LogP contribution in [0.4, 0.5) is 8.78 Å². The lowest BCUT2D eigenvalue weighted by Crippen LogP contribution is -2.40. The zero-order chi connectivity index (χ0) is 13.2. The molecule has 0 N–H and O–H groups in total. The first-order valence-electron chi connectivity index (χ1n) is 6.49. The molecule has 2 aromatic rings. The molecule has 98 valence electrons. The SMILES string of the molecule is Fc1ccc(C(c2ccc(F)cc2)N2CCC2)cc1. The van der Waals surface area contributed by atoms with Crippen LogP contribution in [0.25, 0.3) is 0 Å². The summed E-state index contributed by atoms with van der Waals surface area (Å²) in [5.74, 6) is -0.463. The molecule has 0 amide bonds.